The van der Waals surface area contributed by atoms with Gasteiger partial charge in [-0.15, -0.1) is 15.3 Å². The zero-order valence-electron chi connectivity index (χ0n) is 22.5. The average molecular weight is 714 g/mol. The van der Waals surface area contributed by atoms with Crippen LogP contribution in [0.3, 0.4) is 0 Å². The fourth-order valence-corrected chi connectivity index (χ4v) is 4.85. The predicted molar refractivity (Wildman–Crippen MR) is 180 cm³/mol. The van der Waals surface area contributed by atoms with Gasteiger partial charge in [-0.1, -0.05) is 105 Å². The lowest BCUT2D eigenvalue weighted by Gasteiger charge is -2.19. The lowest BCUT2D eigenvalue weighted by Crippen LogP contribution is -2.37. The van der Waals surface area contributed by atoms with Crippen molar-refractivity contribution in [2.24, 2.45) is 26.9 Å². The summed E-state index contributed by atoms with van der Waals surface area (Å²) in [5.74, 6) is 6.88. The van der Waals surface area contributed by atoms with Gasteiger partial charge in [0.25, 0.3) is 0 Å². The molecule has 0 aliphatic rings. The van der Waals surface area contributed by atoms with Crippen LogP contribution in [0.25, 0.3) is 0 Å². The van der Waals surface area contributed by atoms with Crippen molar-refractivity contribution in [1.29, 1.82) is 0 Å². The topological polar surface area (TPSA) is 114 Å². The first kappa shape index (κ1) is 33.5. The van der Waals surface area contributed by atoms with Crippen molar-refractivity contribution in [2.45, 2.75) is 13.2 Å². The fraction of sp³-hybridized carbons (Fsp3) is 0.0690. The SMILES string of the molecule is NC=NN(/N=C/c1cccc(OCc2cc(Cl)ccc2Cl)c1Cl)N(N)/N=C/c1cccc(OCc2ccc(Cl)cc2Cl)c1Cl. The molecule has 0 saturated carbocycles. The van der Waals surface area contributed by atoms with Crippen molar-refractivity contribution < 1.29 is 9.47 Å². The van der Waals surface area contributed by atoms with Crippen LogP contribution in [0, 0.1) is 0 Å². The molecule has 4 aromatic carbocycles. The van der Waals surface area contributed by atoms with Crippen LogP contribution in [0.4, 0.5) is 0 Å². The molecule has 0 aromatic heterocycles. The van der Waals surface area contributed by atoms with E-state index in [1.165, 1.54) is 12.4 Å². The Bertz CT molecular complexity index is 1700. The standard InChI is InChI=1S/C29H23Cl6N7O2/c30-22-9-10-24(32)21(11-22)16-44-27-6-2-4-19(29(27)35)14-39-42(40-17-36)41(37)38-13-18-3-1-5-26(28(18)34)43-15-20-7-8-23(31)12-25(20)33/h1-14,17H,15-16,37H2,(H2,36,40)/b38-13+,39-14+. The molecule has 0 saturated heterocycles. The Hall–Kier alpha value is -3.41. The Kier molecular flexibility index (Phi) is 12.2. The van der Waals surface area contributed by atoms with Crippen LogP contribution in [0.5, 0.6) is 11.5 Å². The number of ether oxygens (including phenoxy) is 2. The number of halogens is 6. The molecule has 0 amide bonds. The summed E-state index contributed by atoms with van der Waals surface area (Å²) in [7, 11) is 0. The predicted octanol–water partition coefficient (Wildman–Crippen LogP) is 8.43. The Morgan fingerprint density at radius 3 is 1.82 bits per heavy atom. The molecule has 0 heterocycles. The van der Waals surface area contributed by atoms with E-state index in [1.54, 1.807) is 72.8 Å². The first-order chi connectivity index (χ1) is 21.2. The minimum absolute atomic E-state index is 0.151. The molecule has 44 heavy (non-hydrogen) atoms. The molecule has 4 rings (SSSR count). The molecule has 4 aromatic rings. The van der Waals surface area contributed by atoms with Gasteiger partial charge in [0.2, 0.25) is 0 Å². The van der Waals surface area contributed by atoms with Crippen LogP contribution in [0.1, 0.15) is 22.3 Å². The second-order valence-electron chi connectivity index (χ2n) is 8.71. The van der Waals surface area contributed by atoms with Gasteiger partial charge >= 0.3 is 0 Å². The molecule has 0 unspecified atom stereocenters. The van der Waals surface area contributed by atoms with E-state index in [9.17, 15) is 0 Å². The minimum atomic E-state index is 0.151. The van der Waals surface area contributed by atoms with E-state index in [-0.39, 0.29) is 13.2 Å². The van der Waals surface area contributed by atoms with Crippen molar-refractivity contribution in [2.75, 3.05) is 0 Å². The quantitative estimate of drug-likeness (QED) is 0.0660. The zero-order valence-corrected chi connectivity index (χ0v) is 27.1. The number of rotatable bonds is 12. The number of nitrogens with zero attached hydrogens (tertiary/aromatic N) is 5. The van der Waals surface area contributed by atoms with Gasteiger partial charge in [0.15, 0.2) is 0 Å². The van der Waals surface area contributed by atoms with Gasteiger partial charge in [-0.25, -0.2) is 5.84 Å². The monoisotopic (exact) mass is 711 g/mol. The zero-order chi connectivity index (χ0) is 31.6. The van der Waals surface area contributed by atoms with Crippen LogP contribution in [0.2, 0.25) is 30.1 Å². The van der Waals surface area contributed by atoms with Gasteiger partial charge in [-0.2, -0.15) is 0 Å². The number of hydrazine groups is 2. The smallest absolute Gasteiger partial charge is 0.139 e. The summed E-state index contributed by atoms with van der Waals surface area (Å²) in [6.07, 6.45) is 3.81. The van der Waals surface area contributed by atoms with Gasteiger partial charge in [0, 0.05) is 42.3 Å². The largest absolute Gasteiger partial charge is 0.487 e. The molecular weight excluding hydrogens is 691 g/mol. The molecule has 15 heteroatoms. The third-order valence-corrected chi connectivity index (χ3v) is 7.74. The van der Waals surface area contributed by atoms with Gasteiger partial charge in [-0.05, 0) is 47.7 Å². The highest BCUT2D eigenvalue weighted by molar-refractivity contribution is 6.36. The number of hydrazone groups is 3. The Morgan fingerprint density at radius 2 is 1.20 bits per heavy atom. The summed E-state index contributed by atoms with van der Waals surface area (Å²) in [6, 6.07) is 20.6. The van der Waals surface area contributed by atoms with Gasteiger partial charge in [-0.3, -0.25) is 0 Å². The molecule has 0 atom stereocenters. The highest BCUT2D eigenvalue weighted by atomic mass is 35.5. The second kappa shape index (κ2) is 16.1. The molecule has 0 aliphatic heterocycles. The van der Waals surface area contributed by atoms with Crippen molar-refractivity contribution >= 4 is 88.4 Å². The van der Waals surface area contributed by atoms with Crippen molar-refractivity contribution in [3.05, 3.63) is 125 Å². The normalized spacial score (nSPS) is 11.5. The number of benzene rings is 4. The van der Waals surface area contributed by atoms with Crippen LogP contribution < -0.4 is 21.1 Å². The third kappa shape index (κ3) is 9.06. The number of nitrogens with two attached hydrogens (primary N) is 2. The maximum atomic E-state index is 6.57. The maximum absolute atomic E-state index is 6.57. The molecule has 0 radical (unpaired) electrons. The van der Waals surface area contributed by atoms with E-state index in [0.29, 0.717) is 58.3 Å². The van der Waals surface area contributed by atoms with Crippen LogP contribution >= 0.6 is 69.6 Å². The molecular formula is C29H23Cl6N7O2. The first-order valence-corrected chi connectivity index (χ1v) is 14.8. The lowest BCUT2D eigenvalue weighted by molar-refractivity contribution is -0.0196. The summed E-state index contributed by atoms with van der Waals surface area (Å²) in [6.45, 7) is 0.328. The van der Waals surface area contributed by atoms with Gasteiger partial charge in [0.1, 0.15) is 31.1 Å². The van der Waals surface area contributed by atoms with E-state index in [1.807, 2.05) is 0 Å². The van der Waals surface area contributed by atoms with Gasteiger partial charge in [0.05, 0.1) is 22.5 Å². The minimum Gasteiger partial charge on any atom is -0.487 e. The Morgan fingerprint density at radius 1 is 0.636 bits per heavy atom. The number of hydrogen-bond acceptors (Lipinski definition) is 8. The van der Waals surface area contributed by atoms with E-state index in [0.717, 1.165) is 22.4 Å². The van der Waals surface area contributed by atoms with Crippen molar-refractivity contribution in [1.82, 2.24) is 10.5 Å². The van der Waals surface area contributed by atoms with Crippen molar-refractivity contribution in [3.63, 3.8) is 0 Å². The van der Waals surface area contributed by atoms with Crippen LogP contribution in [-0.4, -0.2) is 29.2 Å². The summed E-state index contributed by atoms with van der Waals surface area (Å²) in [4.78, 5) is 0. The van der Waals surface area contributed by atoms with E-state index >= 15 is 0 Å². The van der Waals surface area contributed by atoms with E-state index in [4.69, 9.17) is 90.7 Å². The van der Waals surface area contributed by atoms with Crippen LogP contribution in [0.15, 0.2) is 88.1 Å². The summed E-state index contributed by atoms with van der Waals surface area (Å²) in [5, 5.41) is 16.7. The van der Waals surface area contributed by atoms with E-state index in [2.05, 4.69) is 15.3 Å². The molecule has 0 fully saturated rings. The number of hydrogen-bond donors (Lipinski definition) is 2. The average Bonchev–Trinajstić information content (AvgIpc) is 3.00. The van der Waals surface area contributed by atoms with Gasteiger partial charge < -0.3 is 15.2 Å². The summed E-state index contributed by atoms with van der Waals surface area (Å²) >= 11 is 37.6. The fourth-order valence-electron chi connectivity index (χ4n) is 3.56. The van der Waals surface area contributed by atoms with Crippen molar-refractivity contribution in [3.8, 4) is 11.5 Å². The lowest BCUT2D eigenvalue weighted by atomic mass is 10.2. The molecule has 4 N–H and O–H groups in total. The van der Waals surface area contributed by atoms with Crippen LogP contribution in [-0.2, 0) is 13.2 Å². The molecule has 9 nitrogen and oxygen atoms in total. The molecule has 228 valence electrons. The highest BCUT2D eigenvalue weighted by Crippen LogP contribution is 2.31. The first-order valence-electron chi connectivity index (χ1n) is 12.5. The molecule has 0 aliphatic carbocycles. The van der Waals surface area contributed by atoms with E-state index < -0.39 is 0 Å². The summed E-state index contributed by atoms with van der Waals surface area (Å²) < 4.78 is 11.7. The highest BCUT2D eigenvalue weighted by Gasteiger charge is 2.12. The third-order valence-electron chi connectivity index (χ3n) is 5.74. The second-order valence-corrected chi connectivity index (χ2v) is 11.2. The maximum Gasteiger partial charge on any atom is 0.139 e. The Balaban J connectivity index is 1.44. The summed E-state index contributed by atoms with van der Waals surface area (Å²) in [5.41, 5.74) is 7.96. The molecule has 0 bridgehead atoms. The molecule has 0 spiro atoms. The Labute approximate surface area is 283 Å².